The van der Waals surface area contributed by atoms with Gasteiger partial charge in [-0.2, -0.15) is 8.42 Å². The lowest BCUT2D eigenvalue weighted by Gasteiger charge is -1.92. The van der Waals surface area contributed by atoms with Crippen molar-refractivity contribution in [2.45, 2.75) is 27.2 Å². The summed E-state index contributed by atoms with van der Waals surface area (Å²) in [5, 5.41) is 15.2. The van der Waals surface area contributed by atoms with Crippen LogP contribution in [0.4, 0.5) is 0 Å². The maximum atomic E-state index is 9.72. The number of ether oxygens (including phenoxy) is 1. The van der Waals surface area contributed by atoms with Crippen LogP contribution in [0, 0.1) is 0 Å². The zero-order valence-corrected chi connectivity index (χ0v) is 18.5. The number of rotatable bonds is 6. The molecule has 0 unspecified atom stereocenters. The first-order valence-corrected chi connectivity index (χ1v) is 9.17. The van der Waals surface area contributed by atoms with Gasteiger partial charge in [0.2, 0.25) is 0 Å². The van der Waals surface area contributed by atoms with Gasteiger partial charge in [0.05, 0.1) is 19.8 Å². The van der Waals surface area contributed by atoms with Gasteiger partial charge in [0.25, 0.3) is 0 Å². The number of aliphatic hydroxyl groups is 2. The number of hydrogen-bond acceptors (Lipinski definition) is 6. The van der Waals surface area contributed by atoms with Crippen LogP contribution in [0.1, 0.15) is 27.2 Å². The lowest BCUT2D eigenvalue weighted by Crippen LogP contribution is -2.03. The van der Waals surface area contributed by atoms with Crippen molar-refractivity contribution in [2.24, 2.45) is 0 Å². The Hall–Kier alpha value is -1.55. The molecule has 0 aliphatic rings. The summed E-state index contributed by atoms with van der Waals surface area (Å²) < 4.78 is 36.1. The maximum Gasteiger partial charge on any atom is 0.397 e. The van der Waals surface area contributed by atoms with Crippen molar-refractivity contribution in [2.75, 3.05) is 33.0 Å². The van der Waals surface area contributed by atoms with Crippen molar-refractivity contribution in [3.8, 4) is 0 Å². The molecule has 0 atom stereocenters. The minimum Gasteiger partial charge on any atom is -0.394 e. The molecular formula is C19H44O7S. The average molecular weight is 417 g/mol. The van der Waals surface area contributed by atoms with Gasteiger partial charge < -0.3 is 14.9 Å². The molecule has 7 nitrogen and oxygen atoms in total. The van der Waals surface area contributed by atoms with Crippen LogP contribution in [-0.4, -0.2) is 56.2 Å². The molecule has 8 heteroatoms. The van der Waals surface area contributed by atoms with Crippen LogP contribution in [0.25, 0.3) is 0 Å². The van der Waals surface area contributed by atoms with Crippen molar-refractivity contribution in [1.29, 1.82) is 0 Å². The van der Waals surface area contributed by atoms with E-state index in [1.54, 1.807) is 6.92 Å². The lowest BCUT2D eigenvalue weighted by atomic mass is 10.5. The number of hydrogen-bond donors (Lipinski definition) is 3. The van der Waals surface area contributed by atoms with Crippen LogP contribution in [0.2, 0.25) is 0 Å². The molecule has 0 saturated heterocycles. The van der Waals surface area contributed by atoms with Crippen LogP contribution in [-0.2, 0) is 19.3 Å². The van der Waals surface area contributed by atoms with E-state index in [9.17, 15) is 8.42 Å². The summed E-state index contributed by atoms with van der Waals surface area (Å²) >= 11 is 0. The Morgan fingerprint density at radius 1 is 0.704 bits per heavy atom. The molecule has 0 aromatic rings. The van der Waals surface area contributed by atoms with E-state index < -0.39 is 10.4 Å². The SMILES string of the molecule is C=C.C=C.C=C.C=C.C=C.CCCOS(=O)(=O)O.CCOCC.OCCO. The first-order valence-electron chi connectivity index (χ1n) is 7.80. The fraction of sp³-hybridized carbons (Fsp3) is 0.474. The van der Waals surface area contributed by atoms with Crippen LogP contribution in [0.3, 0.4) is 0 Å². The topological polar surface area (TPSA) is 113 Å². The van der Waals surface area contributed by atoms with Crippen LogP contribution in [0.5, 0.6) is 0 Å². The highest BCUT2D eigenvalue weighted by Gasteiger charge is 1.99. The van der Waals surface area contributed by atoms with E-state index >= 15 is 0 Å². The van der Waals surface area contributed by atoms with E-state index in [2.05, 4.69) is 70.0 Å². The van der Waals surface area contributed by atoms with Gasteiger partial charge >= 0.3 is 10.4 Å². The summed E-state index contributed by atoms with van der Waals surface area (Å²) in [7, 11) is -4.19. The van der Waals surface area contributed by atoms with Crippen molar-refractivity contribution in [3.05, 3.63) is 65.8 Å². The largest absolute Gasteiger partial charge is 0.397 e. The smallest absolute Gasteiger partial charge is 0.394 e. The van der Waals surface area contributed by atoms with Gasteiger partial charge in [-0.15, -0.1) is 65.8 Å². The molecule has 0 aromatic heterocycles. The summed E-state index contributed by atoms with van der Waals surface area (Å²) in [5.41, 5.74) is 0. The molecule has 27 heavy (non-hydrogen) atoms. The quantitative estimate of drug-likeness (QED) is 0.438. The van der Waals surface area contributed by atoms with Gasteiger partial charge in [-0.1, -0.05) is 6.92 Å². The van der Waals surface area contributed by atoms with Crippen LogP contribution in [0.15, 0.2) is 65.8 Å². The first-order chi connectivity index (χ1) is 12.9. The molecule has 168 valence electrons. The third-order valence-electron chi connectivity index (χ3n) is 0.945. The van der Waals surface area contributed by atoms with E-state index in [1.807, 2.05) is 13.8 Å². The highest BCUT2D eigenvalue weighted by atomic mass is 32.3. The van der Waals surface area contributed by atoms with Crippen molar-refractivity contribution in [1.82, 2.24) is 0 Å². The zero-order valence-electron chi connectivity index (χ0n) is 17.7. The Morgan fingerprint density at radius 2 is 0.963 bits per heavy atom. The highest BCUT2D eigenvalue weighted by molar-refractivity contribution is 7.80. The molecule has 3 N–H and O–H groups in total. The molecule has 0 heterocycles. The van der Waals surface area contributed by atoms with E-state index in [-0.39, 0.29) is 19.8 Å². The van der Waals surface area contributed by atoms with Gasteiger partial charge in [-0.05, 0) is 20.3 Å². The molecule has 0 aliphatic carbocycles. The molecule has 0 rings (SSSR count). The fourth-order valence-corrected chi connectivity index (χ4v) is 0.770. The first kappa shape index (κ1) is 50.0. The summed E-state index contributed by atoms with van der Waals surface area (Å²) in [4.78, 5) is 0. The van der Waals surface area contributed by atoms with Crippen molar-refractivity contribution < 1.29 is 32.1 Å². The normalized spacial score (nSPS) is 6.89. The molecule has 0 aromatic carbocycles. The van der Waals surface area contributed by atoms with E-state index in [1.165, 1.54) is 0 Å². The Balaban J connectivity index is -0.0000000279. The third kappa shape index (κ3) is 296. The van der Waals surface area contributed by atoms with Crippen LogP contribution < -0.4 is 0 Å². The third-order valence-corrected chi connectivity index (χ3v) is 1.41. The summed E-state index contributed by atoms with van der Waals surface area (Å²) in [5.74, 6) is 0. The zero-order chi connectivity index (χ0) is 24.2. The minimum absolute atomic E-state index is 0.0405. The second-order valence-electron chi connectivity index (χ2n) is 2.48. The highest BCUT2D eigenvalue weighted by Crippen LogP contribution is 1.86. The summed E-state index contributed by atoms with van der Waals surface area (Å²) in [6, 6.07) is 0. The number of aliphatic hydroxyl groups excluding tert-OH is 2. The standard InChI is InChI=1S/C4H10O.C3H8O4S.C2H6O2.5C2H4/c1-3-5-4-2;1-2-3-7-8(4,5)6;3-1-2-4;5*1-2/h3-4H2,1-2H3;2-3H2,1H3,(H,4,5,6);3-4H,1-2H2;5*1-2H2. The Kier molecular flexibility index (Phi) is 161. The lowest BCUT2D eigenvalue weighted by molar-refractivity contribution is 0.162. The average Bonchev–Trinajstić information content (AvgIpc) is 2.74. The Labute approximate surface area is 169 Å². The van der Waals surface area contributed by atoms with Crippen molar-refractivity contribution >= 4 is 10.4 Å². The predicted molar refractivity (Wildman–Crippen MR) is 120 cm³/mol. The predicted octanol–water partition coefficient (Wildman–Crippen LogP) is 4.24. The van der Waals surface area contributed by atoms with Crippen LogP contribution >= 0.6 is 0 Å². The van der Waals surface area contributed by atoms with E-state index in [4.69, 9.17) is 19.5 Å². The van der Waals surface area contributed by atoms with Gasteiger partial charge in [-0.25, -0.2) is 4.18 Å². The molecule has 0 fully saturated rings. The fourth-order valence-electron chi connectivity index (χ4n) is 0.393. The van der Waals surface area contributed by atoms with Crippen molar-refractivity contribution in [3.63, 3.8) is 0 Å². The molecule has 0 radical (unpaired) electrons. The molecule has 0 amide bonds. The molecule has 0 saturated carbocycles. The maximum absolute atomic E-state index is 9.72. The summed E-state index contributed by atoms with van der Waals surface area (Å²) in [6.45, 7) is 37.2. The van der Waals surface area contributed by atoms with Gasteiger partial charge in [-0.3, -0.25) is 4.55 Å². The minimum atomic E-state index is -4.19. The molecule has 0 spiro atoms. The van der Waals surface area contributed by atoms with E-state index in [0.29, 0.717) is 6.42 Å². The Morgan fingerprint density at radius 3 is 1.00 bits per heavy atom. The van der Waals surface area contributed by atoms with E-state index in [0.717, 1.165) is 13.2 Å². The van der Waals surface area contributed by atoms with Gasteiger partial charge in [0.1, 0.15) is 0 Å². The monoisotopic (exact) mass is 416 g/mol. The summed E-state index contributed by atoms with van der Waals surface area (Å²) in [6.07, 6.45) is 0.569. The van der Waals surface area contributed by atoms with Gasteiger partial charge in [0.15, 0.2) is 0 Å². The second kappa shape index (κ2) is 86.7. The molecule has 0 aliphatic heterocycles. The second-order valence-corrected chi connectivity index (χ2v) is 3.57. The molecular weight excluding hydrogens is 372 g/mol. The molecule has 0 bridgehead atoms. The van der Waals surface area contributed by atoms with Gasteiger partial charge in [0, 0.05) is 13.2 Å². The Bertz CT molecular complexity index is 256.